The Morgan fingerprint density at radius 3 is 2.89 bits per heavy atom. The van der Waals surface area contributed by atoms with Crippen LogP contribution in [0.5, 0.6) is 0 Å². The van der Waals surface area contributed by atoms with Gasteiger partial charge >= 0.3 is 5.97 Å². The summed E-state index contributed by atoms with van der Waals surface area (Å²) in [6.45, 7) is 7.21. The first-order valence-electron chi connectivity index (χ1n) is 6.32. The van der Waals surface area contributed by atoms with Crippen molar-refractivity contribution < 1.29 is 14.3 Å². The van der Waals surface area contributed by atoms with Crippen molar-refractivity contribution in [2.24, 2.45) is 0 Å². The Kier molecular flexibility index (Phi) is 7.06. The largest absolute Gasteiger partial charge is 0.462 e. The highest BCUT2D eigenvalue weighted by molar-refractivity contribution is 5.89. The third-order valence-corrected chi connectivity index (χ3v) is 2.38. The topological polar surface area (TPSA) is 47.6 Å². The van der Waals surface area contributed by atoms with Crippen molar-refractivity contribution in [3.63, 3.8) is 0 Å². The lowest BCUT2D eigenvalue weighted by molar-refractivity contribution is 0.0526. The van der Waals surface area contributed by atoms with Crippen molar-refractivity contribution in [2.75, 3.05) is 26.3 Å². The lowest BCUT2D eigenvalue weighted by atomic mass is 10.1. The highest BCUT2D eigenvalue weighted by Gasteiger charge is 2.06. The highest BCUT2D eigenvalue weighted by atomic mass is 16.5. The molecule has 1 N–H and O–H groups in total. The zero-order valence-corrected chi connectivity index (χ0v) is 11.1. The van der Waals surface area contributed by atoms with Crippen molar-refractivity contribution in [1.29, 1.82) is 0 Å². The van der Waals surface area contributed by atoms with Gasteiger partial charge in [0.15, 0.2) is 0 Å². The van der Waals surface area contributed by atoms with Crippen molar-refractivity contribution >= 4 is 5.97 Å². The molecule has 1 aromatic carbocycles. The molecule has 0 aliphatic heterocycles. The van der Waals surface area contributed by atoms with Gasteiger partial charge in [0, 0.05) is 6.54 Å². The lowest BCUT2D eigenvalue weighted by Gasteiger charge is -2.06. The first-order valence-corrected chi connectivity index (χ1v) is 6.32. The van der Waals surface area contributed by atoms with Crippen molar-refractivity contribution in [3.05, 3.63) is 35.4 Å². The van der Waals surface area contributed by atoms with Gasteiger partial charge in [0.2, 0.25) is 0 Å². The number of hydrogen-bond donors (Lipinski definition) is 1. The molecular formula is C14H21NO3. The van der Waals surface area contributed by atoms with E-state index in [1.165, 1.54) is 0 Å². The molecule has 0 heterocycles. The van der Waals surface area contributed by atoms with Gasteiger partial charge in [0.1, 0.15) is 0 Å². The first kappa shape index (κ1) is 14.7. The minimum atomic E-state index is -0.285. The van der Waals surface area contributed by atoms with Crippen LogP contribution < -0.4 is 5.32 Å². The zero-order chi connectivity index (χ0) is 13.2. The molecule has 1 rings (SSSR count). The smallest absolute Gasteiger partial charge is 0.338 e. The maximum Gasteiger partial charge on any atom is 0.338 e. The fourth-order valence-electron chi connectivity index (χ4n) is 1.51. The van der Waals surface area contributed by atoms with Gasteiger partial charge in [-0.05, 0) is 31.2 Å². The highest BCUT2D eigenvalue weighted by Crippen LogP contribution is 2.08. The van der Waals surface area contributed by atoms with Crippen LogP contribution in [-0.4, -0.2) is 32.3 Å². The maximum atomic E-state index is 11.5. The van der Waals surface area contributed by atoms with E-state index in [0.717, 1.165) is 18.7 Å². The van der Waals surface area contributed by atoms with Crippen LogP contribution in [0.4, 0.5) is 0 Å². The second-order valence-corrected chi connectivity index (χ2v) is 3.83. The van der Waals surface area contributed by atoms with Crippen LogP contribution >= 0.6 is 0 Å². The normalized spacial score (nSPS) is 10.3. The molecule has 0 atom stereocenters. The number of ether oxygens (including phenoxy) is 2. The van der Waals surface area contributed by atoms with E-state index in [4.69, 9.17) is 9.47 Å². The summed E-state index contributed by atoms with van der Waals surface area (Å²) in [5, 5.41) is 3.18. The Balaban J connectivity index is 2.42. The van der Waals surface area contributed by atoms with Crippen LogP contribution in [0.1, 0.15) is 29.8 Å². The maximum absolute atomic E-state index is 11.5. The van der Waals surface area contributed by atoms with Gasteiger partial charge in [-0.25, -0.2) is 4.79 Å². The standard InChI is InChI=1S/C14H21NO3/c1-3-15-8-9-17-11-12-6-5-7-13(10-12)14(16)18-4-2/h5-7,10,15H,3-4,8-9,11H2,1-2H3. The summed E-state index contributed by atoms with van der Waals surface area (Å²) in [6, 6.07) is 7.34. The van der Waals surface area contributed by atoms with Gasteiger partial charge in [0.05, 0.1) is 25.4 Å². The molecule has 18 heavy (non-hydrogen) atoms. The number of carbonyl (C=O) groups excluding carboxylic acids is 1. The molecule has 1 aromatic rings. The van der Waals surface area contributed by atoms with Crippen LogP contribution in [0.3, 0.4) is 0 Å². The molecule has 0 aliphatic carbocycles. The van der Waals surface area contributed by atoms with E-state index in [-0.39, 0.29) is 5.97 Å². The molecule has 4 heteroatoms. The second kappa shape index (κ2) is 8.66. The third kappa shape index (κ3) is 5.29. The summed E-state index contributed by atoms with van der Waals surface area (Å²) in [7, 11) is 0. The number of rotatable bonds is 8. The Labute approximate surface area is 108 Å². The Morgan fingerprint density at radius 1 is 1.33 bits per heavy atom. The molecule has 0 aliphatic rings. The van der Waals surface area contributed by atoms with Crippen molar-refractivity contribution in [1.82, 2.24) is 5.32 Å². The van der Waals surface area contributed by atoms with Gasteiger partial charge in [-0.3, -0.25) is 0 Å². The number of benzene rings is 1. The molecule has 0 aromatic heterocycles. The molecular weight excluding hydrogens is 230 g/mol. The molecule has 0 bridgehead atoms. The predicted molar refractivity (Wildman–Crippen MR) is 70.6 cm³/mol. The SMILES string of the molecule is CCNCCOCc1cccc(C(=O)OCC)c1. The molecule has 0 saturated carbocycles. The molecule has 0 spiro atoms. The third-order valence-electron chi connectivity index (χ3n) is 2.38. The Bertz CT molecular complexity index is 366. The summed E-state index contributed by atoms with van der Waals surface area (Å²) in [5.74, 6) is -0.285. The number of hydrogen-bond acceptors (Lipinski definition) is 4. The molecule has 0 fully saturated rings. The van der Waals surface area contributed by atoms with Crippen molar-refractivity contribution in [2.45, 2.75) is 20.5 Å². The predicted octanol–water partition coefficient (Wildman–Crippen LogP) is 1.99. The minimum absolute atomic E-state index is 0.285. The quantitative estimate of drug-likeness (QED) is 0.567. The van der Waals surface area contributed by atoms with Crippen molar-refractivity contribution in [3.8, 4) is 0 Å². The van der Waals surface area contributed by atoms with E-state index in [9.17, 15) is 4.79 Å². The summed E-state index contributed by atoms with van der Waals surface area (Å²) < 4.78 is 10.5. The number of carbonyl (C=O) groups is 1. The van der Waals surface area contributed by atoms with Crippen LogP contribution in [0.25, 0.3) is 0 Å². The average Bonchev–Trinajstić information content (AvgIpc) is 2.39. The van der Waals surface area contributed by atoms with E-state index < -0.39 is 0 Å². The van der Waals surface area contributed by atoms with Gasteiger partial charge in [0.25, 0.3) is 0 Å². The molecule has 0 amide bonds. The second-order valence-electron chi connectivity index (χ2n) is 3.83. The minimum Gasteiger partial charge on any atom is -0.462 e. The fraction of sp³-hybridized carbons (Fsp3) is 0.500. The van der Waals surface area contributed by atoms with Gasteiger partial charge in [-0.1, -0.05) is 19.1 Å². The Hall–Kier alpha value is -1.39. The lowest BCUT2D eigenvalue weighted by Crippen LogP contribution is -2.18. The van der Waals surface area contributed by atoms with Gasteiger partial charge in [-0.2, -0.15) is 0 Å². The van der Waals surface area contributed by atoms with Crippen LogP contribution in [-0.2, 0) is 16.1 Å². The fourth-order valence-corrected chi connectivity index (χ4v) is 1.51. The van der Waals surface area contributed by atoms with E-state index >= 15 is 0 Å². The summed E-state index contributed by atoms with van der Waals surface area (Å²) in [6.07, 6.45) is 0. The van der Waals surface area contributed by atoms with Gasteiger partial charge in [-0.15, -0.1) is 0 Å². The first-order chi connectivity index (χ1) is 8.77. The van der Waals surface area contributed by atoms with Crippen LogP contribution in [0, 0.1) is 0 Å². The summed E-state index contributed by atoms with van der Waals surface area (Å²) in [4.78, 5) is 11.5. The van der Waals surface area contributed by atoms with Crippen LogP contribution in [0.15, 0.2) is 24.3 Å². The zero-order valence-electron chi connectivity index (χ0n) is 11.1. The summed E-state index contributed by atoms with van der Waals surface area (Å²) in [5.41, 5.74) is 1.56. The van der Waals surface area contributed by atoms with Gasteiger partial charge < -0.3 is 14.8 Å². The summed E-state index contributed by atoms with van der Waals surface area (Å²) >= 11 is 0. The van der Waals surface area contributed by atoms with E-state index in [1.54, 1.807) is 13.0 Å². The molecule has 100 valence electrons. The van der Waals surface area contributed by atoms with Crippen LogP contribution in [0.2, 0.25) is 0 Å². The van der Waals surface area contributed by atoms with E-state index in [1.807, 2.05) is 18.2 Å². The molecule has 0 saturated heterocycles. The molecule has 0 radical (unpaired) electrons. The Morgan fingerprint density at radius 2 is 2.17 bits per heavy atom. The van der Waals surface area contributed by atoms with E-state index in [0.29, 0.717) is 25.4 Å². The number of likely N-dealkylation sites (N-methyl/N-ethyl adjacent to an activating group) is 1. The average molecular weight is 251 g/mol. The van der Waals surface area contributed by atoms with E-state index in [2.05, 4.69) is 12.2 Å². The molecule has 0 unspecified atom stereocenters. The molecule has 4 nitrogen and oxygen atoms in total. The number of nitrogens with one attached hydrogen (secondary N) is 1. The number of esters is 1. The monoisotopic (exact) mass is 251 g/mol.